The molecule has 0 unspecified atom stereocenters. The molecular weight excluding hydrogens is 356 g/mol. The number of pyridine rings is 1. The molecule has 0 aliphatic rings. The van der Waals surface area contributed by atoms with Crippen molar-refractivity contribution in [1.82, 2.24) is 10.3 Å². The number of aromatic nitrogens is 1. The van der Waals surface area contributed by atoms with Crippen LogP contribution < -0.4 is 14.8 Å². The van der Waals surface area contributed by atoms with Crippen LogP contribution in [0.2, 0.25) is 0 Å². The number of ether oxygens (including phenoxy) is 2. The molecule has 28 heavy (non-hydrogen) atoms. The lowest BCUT2D eigenvalue weighted by atomic mass is 10.1. The maximum atomic E-state index is 12.0. The van der Waals surface area contributed by atoms with E-state index >= 15 is 0 Å². The van der Waals surface area contributed by atoms with Crippen LogP contribution in [0.1, 0.15) is 36.6 Å². The van der Waals surface area contributed by atoms with Gasteiger partial charge in [0.25, 0.3) is 5.91 Å². The van der Waals surface area contributed by atoms with Crippen LogP contribution in [0, 0.1) is 6.92 Å². The van der Waals surface area contributed by atoms with E-state index in [4.69, 9.17) is 9.47 Å². The van der Waals surface area contributed by atoms with Gasteiger partial charge in [-0.2, -0.15) is 0 Å². The Morgan fingerprint density at radius 3 is 2.64 bits per heavy atom. The highest BCUT2D eigenvalue weighted by atomic mass is 16.5. The number of carbonyl (C=O) groups is 2. The van der Waals surface area contributed by atoms with Crippen molar-refractivity contribution in [2.75, 3.05) is 20.3 Å². The first kappa shape index (κ1) is 21.4. The monoisotopic (exact) mass is 384 g/mol. The minimum absolute atomic E-state index is 0.216. The standard InChI is InChI=1S/C22H28N2O4/c1-4-28-19-11-9-17(21(14-19)27-3)12-13-23-22(26)20(25)7-5-6-18-10-8-16(2)15-24-18/h8-11,14-15H,4-7,12-13H2,1-3H3,(H,23,26). The molecule has 2 aromatic rings. The number of benzene rings is 1. The second kappa shape index (κ2) is 11.1. The first-order chi connectivity index (χ1) is 13.5. The fourth-order valence-corrected chi connectivity index (χ4v) is 2.79. The summed E-state index contributed by atoms with van der Waals surface area (Å²) in [5.41, 5.74) is 2.98. The molecule has 1 aromatic heterocycles. The highest BCUT2D eigenvalue weighted by Crippen LogP contribution is 2.25. The largest absolute Gasteiger partial charge is 0.496 e. The predicted octanol–water partition coefficient (Wildman–Crippen LogP) is 3.05. The van der Waals surface area contributed by atoms with Gasteiger partial charge in [-0.1, -0.05) is 12.1 Å². The average molecular weight is 384 g/mol. The van der Waals surface area contributed by atoms with Crippen molar-refractivity contribution in [3.8, 4) is 11.5 Å². The molecule has 1 N–H and O–H groups in total. The van der Waals surface area contributed by atoms with Crippen LogP contribution in [-0.2, 0) is 22.4 Å². The van der Waals surface area contributed by atoms with Gasteiger partial charge in [-0.25, -0.2) is 0 Å². The van der Waals surface area contributed by atoms with Gasteiger partial charge in [0.1, 0.15) is 11.5 Å². The maximum absolute atomic E-state index is 12.0. The van der Waals surface area contributed by atoms with E-state index in [0.717, 1.165) is 22.6 Å². The normalized spacial score (nSPS) is 10.4. The summed E-state index contributed by atoms with van der Waals surface area (Å²) < 4.78 is 10.8. The Kier molecular flexibility index (Phi) is 8.46. The van der Waals surface area contributed by atoms with Gasteiger partial charge in [0.15, 0.2) is 0 Å². The minimum Gasteiger partial charge on any atom is -0.496 e. The molecule has 6 nitrogen and oxygen atoms in total. The van der Waals surface area contributed by atoms with E-state index in [2.05, 4.69) is 10.3 Å². The molecule has 0 fully saturated rings. The Morgan fingerprint density at radius 2 is 1.96 bits per heavy atom. The number of rotatable bonds is 11. The van der Waals surface area contributed by atoms with Crippen molar-refractivity contribution in [1.29, 1.82) is 0 Å². The summed E-state index contributed by atoms with van der Waals surface area (Å²) in [5.74, 6) is 0.509. The molecule has 150 valence electrons. The average Bonchev–Trinajstić information content (AvgIpc) is 2.70. The van der Waals surface area contributed by atoms with Crippen molar-refractivity contribution in [2.45, 2.75) is 39.5 Å². The van der Waals surface area contributed by atoms with E-state index in [1.807, 2.05) is 44.2 Å². The number of Topliss-reactive ketones (excluding diaryl/α,β-unsaturated/α-hetero) is 1. The van der Waals surface area contributed by atoms with Crippen LogP contribution in [-0.4, -0.2) is 36.9 Å². The summed E-state index contributed by atoms with van der Waals surface area (Å²) in [5, 5.41) is 2.69. The van der Waals surface area contributed by atoms with Gasteiger partial charge in [-0.15, -0.1) is 0 Å². The lowest BCUT2D eigenvalue weighted by Gasteiger charge is -2.11. The van der Waals surface area contributed by atoms with Crippen LogP contribution in [0.3, 0.4) is 0 Å². The Hall–Kier alpha value is -2.89. The zero-order chi connectivity index (χ0) is 20.4. The lowest BCUT2D eigenvalue weighted by Crippen LogP contribution is -2.32. The summed E-state index contributed by atoms with van der Waals surface area (Å²) in [6, 6.07) is 9.54. The van der Waals surface area contributed by atoms with E-state index in [1.54, 1.807) is 13.3 Å². The molecule has 0 atom stereocenters. The predicted molar refractivity (Wildman–Crippen MR) is 108 cm³/mol. The fourth-order valence-electron chi connectivity index (χ4n) is 2.79. The molecule has 0 saturated carbocycles. The molecule has 0 aliphatic heterocycles. The van der Waals surface area contributed by atoms with Crippen molar-refractivity contribution in [3.05, 3.63) is 53.3 Å². The zero-order valence-corrected chi connectivity index (χ0v) is 16.8. The van der Waals surface area contributed by atoms with Gasteiger partial charge in [-0.05, 0) is 56.4 Å². The third-order valence-electron chi connectivity index (χ3n) is 4.31. The van der Waals surface area contributed by atoms with Gasteiger partial charge in [-0.3, -0.25) is 14.6 Å². The van der Waals surface area contributed by atoms with Gasteiger partial charge < -0.3 is 14.8 Å². The number of ketones is 1. The molecule has 2 rings (SSSR count). The van der Waals surface area contributed by atoms with Crippen molar-refractivity contribution >= 4 is 11.7 Å². The second-order valence-corrected chi connectivity index (χ2v) is 6.52. The van der Waals surface area contributed by atoms with Crippen LogP contribution in [0.5, 0.6) is 11.5 Å². The highest BCUT2D eigenvalue weighted by molar-refractivity contribution is 6.36. The molecule has 6 heteroatoms. The number of nitrogens with one attached hydrogen (secondary N) is 1. The Bertz CT molecular complexity index is 788. The van der Waals surface area contributed by atoms with E-state index in [0.29, 0.717) is 38.2 Å². The maximum Gasteiger partial charge on any atom is 0.287 e. The smallest absolute Gasteiger partial charge is 0.287 e. The Labute approximate surface area is 166 Å². The van der Waals surface area contributed by atoms with Crippen LogP contribution in [0.15, 0.2) is 36.5 Å². The van der Waals surface area contributed by atoms with Crippen molar-refractivity contribution in [3.63, 3.8) is 0 Å². The van der Waals surface area contributed by atoms with Crippen LogP contribution >= 0.6 is 0 Å². The molecule has 0 aliphatic carbocycles. The number of methoxy groups -OCH3 is 1. The number of aryl methyl sites for hydroxylation is 2. The van der Waals surface area contributed by atoms with Crippen molar-refractivity contribution in [2.24, 2.45) is 0 Å². The minimum atomic E-state index is -0.540. The molecule has 1 amide bonds. The first-order valence-corrected chi connectivity index (χ1v) is 9.55. The van der Waals surface area contributed by atoms with E-state index in [-0.39, 0.29) is 6.42 Å². The van der Waals surface area contributed by atoms with Gasteiger partial charge in [0, 0.05) is 30.9 Å². The molecule has 0 saturated heterocycles. The van der Waals surface area contributed by atoms with E-state index in [9.17, 15) is 9.59 Å². The van der Waals surface area contributed by atoms with E-state index < -0.39 is 11.7 Å². The highest BCUT2D eigenvalue weighted by Gasteiger charge is 2.13. The van der Waals surface area contributed by atoms with Gasteiger partial charge in [0.05, 0.1) is 13.7 Å². The third kappa shape index (κ3) is 6.68. The Morgan fingerprint density at radius 1 is 1.14 bits per heavy atom. The lowest BCUT2D eigenvalue weighted by molar-refractivity contribution is -0.137. The summed E-state index contributed by atoms with van der Waals surface area (Å²) in [6.07, 6.45) is 3.88. The molecule has 1 aromatic carbocycles. The zero-order valence-electron chi connectivity index (χ0n) is 16.8. The number of hydrogen-bond acceptors (Lipinski definition) is 5. The van der Waals surface area contributed by atoms with Crippen molar-refractivity contribution < 1.29 is 19.1 Å². The number of hydrogen-bond donors (Lipinski definition) is 1. The van der Waals surface area contributed by atoms with E-state index in [1.165, 1.54) is 0 Å². The first-order valence-electron chi connectivity index (χ1n) is 9.55. The number of nitrogens with zero attached hydrogens (tertiary/aromatic N) is 1. The summed E-state index contributed by atoms with van der Waals surface area (Å²) in [6.45, 7) is 4.85. The molecule has 0 bridgehead atoms. The topological polar surface area (TPSA) is 77.5 Å². The van der Waals surface area contributed by atoms with Gasteiger partial charge >= 0.3 is 0 Å². The second-order valence-electron chi connectivity index (χ2n) is 6.52. The Balaban J connectivity index is 1.74. The van der Waals surface area contributed by atoms with Crippen LogP contribution in [0.4, 0.5) is 0 Å². The third-order valence-corrected chi connectivity index (χ3v) is 4.31. The summed E-state index contributed by atoms with van der Waals surface area (Å²) in [7, 11) is 1.60. The van der Waals surface area contributed by atoms with Gasteiger partial charge in [0.2, 0.25) is 5.78 Å². The summed E-state index contributed by atoms with van der Waals surface area (Å²) in [4.78, 5) is 28.3. The molecule has 1 heterocycles. The quantitative estimate of drug-likeness (QED) is 0.603. The SMILES string of the molecule is CCOc1ccc(CCNC(=O)C(=O)CCCc2ccc(C)cn2)c(OC)c1. The number of amides is 1. The molecule has 0 radical (unpaired) electrons. The molecule has 0 spiro atoms. The van der Waals surface area contributed by atoms with Crippen LogP contribution in [0.25, 0.3) is 0 Å². The molecular formula is C22H28N2O4. The summed E-state index contributed by atoms with van der Waals surface area (Å²) >= 11 is 0. The number of carbonyl (C=O) groups excluding carboxylic acids is 2. The fraction of sp³-hybridized carbons (Fsp3) is 0.409.